The summed E-state index contributed by atoms with van der Waals surface area (Å²) in [6, 6.07) is 38.8. The lowest BCUT2D eigenvalue weighted by atomic mass is 9.72. The summed E-state index contributed by atoms with van der Waals surface area (Å²) in [6.45, 7) is 4.88. The third kappa shape index (κ3) is 3.15. The summed E-state index contributed by atoms with van der Waals surface area (Å²) in [7, 11) is 0. The average Bonchev–Trinajstić information content (AvgIpc) is 3.56. The van der Waals surface area contributed by atoms with Gasteiger partial charge in [0.05, 0.1) is 22.6 Å². The number of para-hydroxylation sites is 3. The van der Waals surface area contributed by atoms with Crippen LogP contribution in [0.3, 0.4) is 0 Å². The maximum absolute atomic E-state index is 2.64. The third-order valence-electron chi connectivity index (χ3n) is 10.0. The molecule has 3 unspecified atom stereocenters. The van der Waals surface area contributed by atoms with Crippen LogP contribution in [0.4, 0.5) is 0 Å². The predicted octanol–water partition coefficient (Wildman–Crippen LogP) is 10.8. The van der Waals surface area contributed by atoms with Gasteiger partial charge in [0.2, 0.25) is 0 Å². The monoisotopic (exact) mass is 540 g/mol. The molecule has 2 heteroatoms. The number of benzene rings is 5. The number of fused-ring (bicyclic) bond motifs is 10. The molecule has 42 heavy (non-hydrogen) atoms. The van der Waals surface area contributed by atoms with Gasteiger partial charge in [0.15, 0.2) is 0 Å². The highest BCUT2D eigenvalue weighted by Crippen LogP contribution is 2.52. The lowest BCUT2D eigenvalue weighted by Crippen LogP contribution is -2.16. The molecule has 0 saturated carbocycles. The number of nitrogens with zero attached hydrogens (tertiary/aromatic N) is 2. The van der Waals surface area contributed by atoms with Gasteiger partial charge in [-0.3, -0.25) is 0 Å². The van der Waals surface area contributed by atoms with Gasteiger partial charge in [-0.2, -0.15) is 0 Å². The van der Waals surface area contributed by atoms with Crippen molar-refractivity contribution in [2.75, 3.05) is 0 Å². The smallest absolute Gasteiger partial charge is 0.0560 e. The molecule has 3 atom stereocenters. The Hall–Kier alpha value is -4.82. The summed E-state index contributed by atoms with van der Waals surface area (Å²) >= 11 is 0. The molecule has 7 aromatic rings. The maximum atomic E-state index is 2.64. The minimum atomic E-state index is 0.316. The first-order chi connectivity index (χ1) is 20.7. The molecular formula is C40H32N2. The molecule has 2 nitrogen and oxygen atoms in total. The van der Waals surface area contributed by atoms with E-state index in [-0.39, 0.29) is 0 Å². The minimum absolute atomic E-state index is 0.316. The SMILES string of the molecule is CC1c2cc3c4ccccc4n(-c4ccccc4)c3cc2-c2ccc3c4ccccc4n(C4C=CC=CC4)c3c2C1C. The van der Waals surface area contributed by atoms with E-state index in [9.17, 15) is 0 Å². The van der Waals surface area contributed by atoms with Crippen molar-refractivity contribution in [3.63, 3.8) is 0 Å². The largest absolute Gasteiger partial charge is 0.333 e. The van der Waals surface area contributed by atoms with Crippen molar-refractivity contribution in [1.82, 2.24) is 9.13 Å². The number of hydrogen-bond donors (Lipinski definition) is 0. The molecule has 0 bridgehead atoms. The normalized spacial score (nSPS) is 19.6. The zero-order valence-corrected chi connectivity index (χ0v) is 24.0. The van der Waals surface area contributed by atoms with Crippen LogP contribution in [0, 0.1) is 0 Å². The summed E-state index contributed by atoms with van der Waals surface area (Å²) in [6.07, 6.45) is 10.1. The van der Waals surface area contributed by atoms with Crippen molar-refractivity contribution < 1.29 is 0 Å². The van der Waals surface area contributed by atoms with Gasteiger partial charge >= 0.3 is 0 Å². The number of hydrogen-bond acceptors (Lipinski definition) is 0. The van der Waals surface area contributed by atoms with Crippen LogP contribution >= 0.6 is 0 Å². The lowest BCUT2D eigenvalue weighted by Gasteiger charge is -2.33. The Labute approximate surface area is 245 Å². The van der Waals surface area contributed by atoms with Crippen molar-refractivity contribution in [3.05, 3.63) is 139 Å². The number of aromatic nitrogens is 2. The first kappa shape index (κ1) is 23.8. The Kier molecular flexibility index (Phi) is 5.02. The molecule has 0 saturated heterocycles. The van der Waals surface area contributed by atoms with E-state index in [1.807, 2.05) is 0 Å². The molecular weight excluding hydrogens is 508 g/mol. The van der Waals surface area contributed by atoms with Crippen molar-refractivity contribution in [2.45, 2.75) is 38.1 Å². The molecule has 5 aromatic carbocycles. The van der Waals surface area contributed by atoms with E-state index >= 15 is 0 Å². The van der Waals surface area contributed by atoms with Crippen LogP contribution in [0.2, 0.25) is 0 Å². The molecule has 0 aliphatic heterocycles. The fourth-order valence-corrected chi connectivity index (χ4v) is 7.93. The standard InChI is InChI=1S/C40H32N2/c1-25-26(2)39-31(21-22-32-29-17-9-12-20-37(29)42(40(32)39)28-15-7-4-8-16-28)34-24-38-35(23-33(25)34)30-18-10-11-19-36(30)41(38)27-13-5-3-6-14-27/h3-15,17-26,28H,16H2,1-2H3. The molecule has 2 aliphatic carbocycles. The molecule has 9 rings (SSSR count). The summed E-state index contributed by atoms with van der Waals surface area (Å²) < 4.78 is 5.08. The van der Waals surface area contributed by atoms with E-state index in [0.29, 0.717) is 17.9 Å². The van der Waals surface area contributed by atoms with Crippen LogP contribution in [-0.4, -0.2) is 9.13 Å². The van der Waals surface area contributed by atoms with E-state index in [0.717, 1.165) is 6.42 Å². The molecule has 0 fully saturated rings. The van der Waals surface area contributed by atoms with E-state index in [1.165, 1.54) is 71.6 Å². The van der Waals surface area contributed by atoms with Crippen molar-refractivity contribution in [2.24, 2.45) is 0 Å². The third-order valence-corrected chi connectivity index (χ3v) is 10.0. The van der Waals surface area contributed by atoms with Gasteiger partial charge < -0.3 is 9.13 Å². The highest BCUT2D eigenvalue weighted by atomic mass is 15.0. The summed E-state index contributed by atoms with van der Waals surface area (Å²) in [5.74, 6) is 0.789. The molecule has 202 valence electrons. The summed E-state index contributed by atoms with van der Waals surface area (Å²) in [4.78, 5) is 0. The first-order valence-corrected chi connectivity index (χ1v) is 15.2. The van der Waals surface area contributed by atoms with Crippen LogP contribution < -0.4 is 0 Å². The van der Waals surface area contributed by atoms with Gasteiger partial charge in [0, 0.05) is 32.7 Å². The van der Waals surface area contributed by atoms with Gasteiger partial charge in [-0.25, -0.2) is 0 Å². The maximum Gasteiger partial charge on any atom is 0.0560 e. The second-order valence-corrected chi connectivity index (χ2v) is 12.1. The zero-order chi connectivity index (χ0) is 27.9. The molecule has 2 aromatic heterocycles. The molecule has 2 aliphatic rings. The van der Waals surface area contributed by atoms with Crippen molar-refractivity contribution in [3.8, 4) is 16.8 Å². The van der Waals surface area contributed by atoms with Crippen LogP contribution in [0.15, 0.2) is 127 Å². The fraction of sp³-hybridized carbons (Fsp3) is 0.150. The van der Waals surface area contributed by atoms with E-state index in [1.54, 1.807) is 0 Å². The van der Waals surface area contributed by atoms with Crippen LogP contribution in [0.5, 0.6) is 0 Å². The van der Waals surface area contributed by atoms with Gasteiger partial charge in [0.25, 0.3) is 0 Å². The zero-order valence-electron chi connectivity index (χ0n) is 24.0. The molecule has 0 N–H and O–H groups in total. The Morgan fingerprint density at radius 2 is 1.33 bits per heavy atom. The Morgan fingerprint density at radius 1 is 0.595 bits per heavy atom. The highest BCUT2D eigenvalue weighted by molar-refractivity contribution is 6.13. The highest BCUT2D eigenvalue weighted by Gasteiger charge is 2.33. The van der Waals surface area contributed by atoms with Crippen LogP contribution in [-0.2, 0) is 0 Å². The van der Waals surface area contributed by atoms with Gasteiger partial charge in [-0.15, -0.1) is 0 Å². The van der Waals surface area contributed by atoms with E-state index < -0.39 is 0 Å². The summed E-state index contributed by atoms with van der Waals surface area (Å²) in [5.41, 5.74) is 12.2. The molecule has 2 heterocycles. The Balaban J connectivity index is 1.40. The van der Waals surface area contributed by atoms with Gasteiger partial charge in [-0.05, 0) is 76.9 Å². The average molecular weight is 541 g/mol. The second-order valence-electron chi connectivity index (χ2n) is 12.1. The summed E-state index contributed by atoms with van der Waals surface area (Å²) in [5, 5.41) is 5.38. The quantitative estimate of drug-likeness (QED) is 0.206. The molecule has 0 amide bonds. The van der Waals surface area contributed by atoms with Crippen LogP contribution in [0.25, 0.3) is 60.4 Å². The van der Waals surface area contributed by atoms with E-state index in [2.05, 4.69) is 150 Å². The van der Waals surface area contributed by atoms with Gasteiger partial charge in [-0.1, -0.05) is 105 Å². The topological polar surface area (TPSA) is 9.86 Å². The second kappa shape index (κ2) is 8.84. The fourth-order valence-electron chi connectivity index (χ4n) is 7.93. The van der Waals surface area contributed by atoms with Crippen molar-refractivity contribution in [1.29, 1.82) is 0 Å². The lowest BCUT2D eigenvalue weighted by molar-refractivity contribution is 0.607. The Morgan fingerprint density at radius 3 is 2.12 bits per heavy atom. The van der Waals surface area contributed by atoms with Crippen LogP contribution in [0.1, 0.15) is 49.3 Å². The Bertz CT molecular complexity index is 2260. The minimum Gasteiger partial charge on any atom is -0.333 e. The van der Waals surface area contributed by atoms with Gasteiger partial charge in [0.1, 0.15) is 0 Å². The first-order valence-electron chi connectivity index (χ1n) is 15.2. The molecule has 0 spiro atoms. The predicted molar refractivity (Wildman–Crippen MR) is 178 cm³/mol. The molecule has 0 radical (unpaired) electrons. The number of rotatable bonds is 2. The van der Waals surface area contributed by atoms with E-state index in [4.69, 9.17) is 0 Å². The number of allylic oxidation sites excluding steroid dienone is 4. The van der Waals surface area contributed by atoms with Crippen molar-refractivity contribution >= 4 is 43.6 Å².